The molecule has 1 saturated heterocycles. The zero-order valence-corrected chi connectivity index (χ0v) is 19.5. The number of guanidine groups is 1. The van der Waals surface area contributed by atoms with Gasteiger partial charge in [0.2, 0.25) is 0 Å². The van der Waals surface area contributed by atoms with E-state index in [9.17, 15) is 0 Å². The Labute approximate surface area is 181 Å². The van der Waals surface area contributed by atoms with Gasteiger partial charge < -0.3 is 20.1 Å². The molecule has 0 spiro atoms. The van der Waals surface area contributed by atoms with E-state index in [1.807, 2.05) is 7.05 Å². The minimum atomic E-state index is 0. The molecule has 27 heavy (non-hydrogen) atoms. The predicted octanol–water partition coefficient (Wildman–Crippen LogP) is 3.50. The van der Waals surface area contributed by atoms with Crippen LogP contribution in [0.2, 0.25) is 0 Å². The summed E-state index contributed by atoms with van der Waals surface area (Å²) in [6, 6.07) is 8.70. The van der Waals surface area contributed by atoms with Gasteiger partial charge in [-0.15, -0.1) is 24.0 Å². The summed E-state index contributed by atoms with van der Waals surface area (Å²) in [5, 5.41) is 6.81. The Morgan fingerprint density at radius 1 is 1.33 bits per heavy atom. The maximum atomic E-state index is 5.74. The normalized spacial score (nSPS) is 17.5. The van der Waals surface area contributed by atoms with Crippen LogP contribution in [-0.2, 0) is 14.9 Å². The quantitative estimate of drug-likeness (QED) is 0.241. The van der Waals surface area contributed by atoms with Gasteiger partial charge in [0.05, 0.1) is 13.2 Å². The predicted molar refractivity (Wildman–Crippen MR) is 123 cm³/mol. The number of halogens is 1. The minimum absolute atomic E-state index is 0. The first-order chi connectivity index (χ1) is 12.5. The second-order valence-corrected chi connectivity index (χ2v) is 7.76. The van der Waals surface area contributed by atoms with Crippen molar-refractivity contribution in [1.82, 2.24) is 10.6 Å². The van der Waals surface area contributed by atoms with Gasteiger partial charge in [-0.2, -0.15) is 0 Å². The number of nitrogens with zero attached hydrogens (tertiary/aromatic N) is 1. The average molecular weight is 489 g/mol. The van der Waals surface area contributed by atoms with Crippen LogP contribution in [-0.4, -0.2) is 52.5 Å². The standard InChI is InChI=1S/C21H35N3O2.HI/c1-17-7-5-8-19(13-17)21(2,3)16-24-20(22-4)23-10-6-11-25-14-18-9-12-26-15-18;/h5,7-8,13,18H,6,9-12,14-16H2,1-4H3,(H2,22,23,24);1H. The molecule has 1 heterocycles. The molecular formula is C21H36IN3O2. The highest BCUT2D eigenvalue weighted by Crippen LogP contribution is 2.22. The van der Waals surface area contributed by atoms with Crippen molar-refractivity contribution in [2.24, 2.45) is 10.9 Å². The molecule has 1 unspecified atom stereocenters. The lowest BCUT2D eigenvalue weighted by Crippen LogP contribution is -2.43. The lowest BCUT2D eigenvalue weighted by atomic mass is 9.84. The summed E-state index contributed by atoms with van der Waals surface area (Å²) in [6.07, 6.45) is 2.10. The molecule has 5 nitrogen and oxygen atoms in total. The third-order valence-electron chi connectivity index (χ3n) is 4.86. The van der Waals surface area contributed by atoms with E-state index in [2.05, 4.69) is 60.7 Å². The molecule has 154 valence electrons. The number of aryl methyl sites for hydroxylation is 1. The van der Waals surface area contributed by atoms with E-state index < -0.39 is 0 Å². The van der Waals surface area contributed by atoms with E-state index in [-0.39, 0.29) is 29.4 Å². The Morgan fingerprint density at radius 2 is 2.15 bits per heavy atom. The van der Waals surface area contributed by atoms with Crippen LogP contribution in [0.25, 0.3) is 0 Å². The fourth-order valence-electron chi connectivity index (χ4n) is 3.04. The number of hydrogen-bond donors (Lipinski definition) is 2. The van der Waals surface area contributed by atoms with Gasteiger partial charge >= 0.3 is 0 Å². The first-order valence-electron chi connectivity index (χ1n) is 9.68. The lowest BCUT2D eigenvalue weighted by Gasteiger charge is -2.27. The van der Waals surface area contributed by atoms with Gasteiger partial charge in [-0.25, -0.2) is 0 Å². The van der Waals surface area contributed by atoms with Crippen LogP contribution in [0, 0.1) is 12.8 Å². The molecule has 0 bridgehead atoms. The van der Waals surface area contributed by atoms with Crippen molar-refractivity contribution in [3.8, 4) is 0 Å². The van der Waals surface area contributed by atoms with Crippen molar-refractivity contribution in [3.05, 3.63) is 35.4 Å². The van der Waals surface area contributed by atoms with Crippen LogP contribution in [0.1, 0.15) is 37.8 Å². The Balaban J connectivity index is 0.00000364. The van der Waals surface area contributed by atoms with Gasteiger partial charge in [-0.1, -0.05) is 43.7 Å². The Morgan fingerprint density at radius 3 is 2.81 bits per heavy atom. The number of ether oxygens (including phenoxy) is 2. The van der Waals surface area contributed by atoms with Crippen LogP contribution in [0.4, 0.5) is 0 Å². The summed E-state index contributed by atoms with van der Waals surface area (Å²) in [5.41, 5.74) is 2.67. The largest absolute Gasteiger partial charge is 0.381 e. The highest BCUT2D eigenvalue weighted by Gasteiger charge is 2.21. The third-order valence-corrected chi connectivity index (χ3v) is 4.86. The van der Waals surface area contributed by atoms with Crippen LogP contribution in [0.5, 0.6) is 0 Å². The molecule has 1 aromatic carbocycles. The Hall–Kier alpha value is -0.860. The molecule has 1 aliphatic heterocycles. The molecule has 2 rings (SSSR count). The van der Waals surface area contributed by atoms with Gasteiger partial charge in [0.15, 0.2) is 5.96 Å². The van der Waals surface area contributed by atoms with E-state index >= 15 is 0 Å². The minimum Gasteiger partial charge on any atom is -0.381 e. The third kappa shape index (κ3) is 8.79. The van der Waals surface area contributed by atoms with Gasteiger partial charge in [-0.05, 0) is 25.3 Å². The van der Waals surface area contributed by atoms with E-state index in [4.69, 9.17) is 9.47 Å². The van der Waals surface area contributed by atoms with Crippen molar-refractivity contribution in [1.29, 1.82) is 0 Å². The Bertz CT molecular complexity index is 572. The topological polar surface area (TPSA) is 54.9 Å². The van der Waals surface area contributed by atoms with Gasteiger partial charge in [0.25, 0.3) is 0 Å². The molecule has 0 saturated carbocycles. The van der Waals surface area contributed by atoms with E-state index in [0.29, 0.717) is 5.92 Å². The van der Waals surface area contributed by atoms with Crippen LogP contribution in [0.3, 0.4) is 0 Å². The first-order valence-corrected chi connectivity index (χ1v) is 9.68. The molecule has 0 aliphatic carbocycles. The van der Waals surface area contributed by atoms with E-state index in [0.717, 1.165) is 58.3 Å². The monoisotopic (exact) mass is 489 g/mol. The average Bonchev–Trinajstić information content (AvgIpc) is 3.14. The second-order valence-electron chi connectivity index (χ2n) is 7.76. The Kier molecular flexibility index (Phi) is 11.3. The summed E-state index contributed by atoms with van der Waals surface area (Å²) >= 11 is 0. The number of nitrogens with one attached hydrogen (secondary N) is 2. The SMILES string of the molecule is CN=C(NCCCOCC1CCOC1)NCC(C)(C)c1cccc(C)c1.I. The fourth-order valence-corrected chi connectivity index (χ4v) is 3.04. The number of hydrogen-bond acceptors (Lipinski definition) is 3. The summed E-state index contributed by atoms with van der Waals surface area (Å²) < 4.78 is 11.1. The van der Waals surface area contributed by atoms with Crippen molar-refractivity contribution < 1.29 is 9.47 Å². The molecule has 0 aromatic heterocycles. The maximum absolute atomic E-state index is 5.74. The molecule has 2 N–H and O–H groups in total. The number of benzene rings is 1. The van der Waals surface area contributed by atoms with Crippen molar-refractivity contribution in [2.45, 2.75) is 39.0 Å². The molecule has 1 aromatic rings. The van der Waals surface area contributed by atoms with E-state index in [1.54, 1.807) is 0 Å². The molecule has 0 amide bonds. The highest BCUT2D eigenvalue weighted by atomic mass is 127. The molecule has 6 heteroatoms. The summed E-state index contributed by atoms with van der Waals surface area (Å²) in [4.78, 5) is 4.32. The molecular weight excluding hydrogens is 453 g/mol. The summed E-state index contributed by atoms with van der Waals surface area (Å²) in [7, 11) is 1.81. The van der Waals surface area contributed by atoms with Crippen molar-refractivity contribution in [3.63, 3.8) is 0 Å². The summed E-state index contributed by atoms with van der Waals surface area (Å²) in [6.45, 7) is 11.6. The molecule has 1 fully saturated rings. The van der Waals surface area contributed by atoms with Crippen LogP contribution < -0.4 is 10.6 Å². The molecule has 1 atom stereocenters. The molecule has 0 radical (unpaired) electrons. The zero-order chi connectivity index (χ0) is 18.8. The van der Waals surface area contributed by atoms with Crippen LogP contribution in [0.15, 0.2) is 29.3 Å². The van der Waals surface area contributed by atoms with Gasteiger partial charge in [0.1, 0.15) is 0 Å². The number of rotatable bonds is 9. The second kappa shape index (κ2) is 12.6. The highest BCUT2D eigenvalue weighted by molar-refractivity contribution is 14.0. The van der Waals surface area contributed by atoms with Gasteiger partial charge in [-0.3, -0.25) is 4.99 Å². The van der Waals surface area contributed by atoms with Crippen LogP contribution >= 0.6 is 24.0 Å². The van der Waals surface area contributed by atoms with Crippen molar-refractivity contribution >= 4 is 29.9 Å². The maximum Gasteiger partial charge on any atom is 0.191 e. The first kappa shape index (κ1) is 24.2. The smallest absolute Gasteiger partial charge is 0.191 e. The van der Waals surface area contributed by atoms with E-state index in [1.165, 1.54) is 11.1 Å². The van der Waals surface area contributed by atoms with Crippen molar-refractivity contribution in [2.75, 3.05) is 46.6 Å². The lowest BCUT2D eigenvalue weighted by molar-refractivity contribution is 0.0888. The molecule has 1 aliphatic rings. The zero-order valence-electron chi connectivity index (χ0n) is 17.2. The summed E-state index contributed by atoms with van der Waals surface area (Å²) in [5.74, 6) is 1.43. The number of aliphatic imine (C=N–C) groups is 1. The fraction of sp³-hybridized carbons (Fsp3) is 0.667. The van der Waals surface area contributed by atoms with Gasteiger partial charge in [0, 0.05) is 44.7 Å².